The predicted molar refractivity (Wildman–Crippen MR) is 80.9 cm³/mol. The van der Waals surface area contributed by atoms with E-state index >= 15 is 0 Å². The fourth-order valence-corrected chi connectivity index (χ4v) is 2.55. The van der Waals surface area contributed by atoms with E-state index < -0.39 is 19.1 Å². The first-order valence-corrected chi connectivity index (χ1v) is 7.30. The number of hydrogen-bond donors (Lipinski definition) is 1. The van der Waals surface area contributed by atoms with Crippen LogP contribution in [0.3, 0.4) is 0 Å². The zero-order valence-electron chi connectivity index (χ0n) is 12.8. The molecule has 2 heterocycles. The number of rotatable bonds is 4. The fourth-order valence-electron chi connectivity index (χ4n) is 2.55. The summed E-state index contributed by atoms with van der Waals surface area (Å²) in [5, 5.41) is 6.43. The first kappa shape index (κ1) is 15.5. The van der Waals surface area contributed by atoms with Crippen LogP contribution in [0.2, 0.25) is 0 Å². The lowest BCUT2D eigenvalue weighted by Gasteiger charge is -2.10. The third-order valence-corrected chi connectivity index (χ3v) is 3.87. The highest BCUT2D eigenvalue weighted by molar-refractivity contribution is 5.94. The van der Waals surface area contributed by atoms with Gasteiger partial charge < -0.3 is 10.1 Å². The van der Waals surface area contributed by atoms with Crippen molar-refractivity contribution in [2.24, 2.45) is 0 Å². The minimum absolute atomic E-state index is 0.312. The van der Waals surface area contributed by atoms with Gasteiger partial charge in [-0.25, -0.2) is 8.78 Å². The molecule has 5 nitrogen and oxygen atoms in total. The van der Waals surface area contributed by atoms with Crippen LogP contribution in [0, 0.1) is 13.8 Å². The molecule has 1 aliphatic rings. The molecule has 23 heavy (non-hydrogen) atoms. The summed E-state index contributed by atoms with van der Waals surface area (Å²) >= 11 is 0. The molecule has 0 spiro atoms. The number of hydrogen-bond acceptors (Lipinski definition) is 3. The fraction of sp³-hybridized carbons (Fsp3) is 0.375. The van der Waals surface area contributed by atoms with E-state index in [4.69, 9.17) is 4.74 Å². The SMILES string of the molecule is Cc1cc2c(cc1C)OC(C(=O)Nc1cnn(CC(F)F)c1)C2. The Morgan fingerprint density at radius 2 is 2.17 bits per heavy atom. The average molecular weight is 321 g/mol. The van der Waals surface area contributed by atoms with Gasteiger partial charge in [0.2, 0.25) is 0 Å². The normalized spacial score (nSPS) is 16.3. The number of aromatic nitrogens is 2. The van der Waals surface area contributed by atoms with E-state index in [0.717, 1.165) is 27.1 Å². The minimum atomic E-state index is -2.49. The summed E-state index contributed by atoms with van der Waals surface area (Å²) in [5.74, 6) is 0.412. The Balaban J connectivity index is 1.65. The van der Waals surface area contributed by atoms with E-state index in [1.807, 2.05) is 26.0 Å². The average Bonchev–Trinajstić information content (AvgIpc) is 3.05. The number of benzene rings is 1. The number of anilines is 1. The van der Waals surface area contributed by atoms with Gasteiger partial charge in [-0.1, -0.05) is 6.07 Å². The maximum absolute atomic E-state index is 12.3. The maximum atomic E-state index is 12.3. The van der Waals surface area contributed by atoms with Gasteiger partial charge in [-0.15, -0.1) is 0 Å². The molecule has 0 saturated carbocycles. The second-order valence-corrected chi connectivity index (χ2v) is 5.69. The Kier molecular flexibility index (Phi) is 4.02. The molecule has 1 aromatic carbocycles. The lowest BCUT2D eigenvalue weighted by molar-refractivity contribution is -0.122. The Morgan fingerprint density at radius 3 is 2.91 bits per heavy atom. The van der Waals surface area contributed by atoms with Gasteiger partial charge in [-0.3, -0.25) is 9.48 Å². The first-order valence-electron chi connectivity index (χ1n) is 7.30. The van der Waals surface area contributed by atoms with Gasteiger partial charge >= 0.3 is 0 Å². The highest BCUT2D eigenvalue weighted by atomic mass is 19.3. The molecule has 0 saturated heterocycles. The second kappa shape index (κ2) is 5.98. The number of fused-ring (bicyclic) bond motifs is 1. The largest absolute Gasteiger partial charge is 0.480 e. The van der Waals surface area contributed by atoms with Crippen molar-refractivity contribution in [2.45, 2.75) is 39.3 Å². The highest BCUT2D eigenvalue weighted by Gasteiger charge is 2.29. The molecule has 0 bridgehead atoms. The summed E-state index contributed by atoms with van der Waals surface area (Å²) in [4.78, 5) is 12.3. The standard InChI is InChI=1S/C16H17F2N3O2/c1-9-3-11-5-14(23-13(11)4-10(9)2)16(22)20-12-6-19-21(7-12)8-15(17)18/h3-4,6-7,14-15H,5,8H2,1-2H3,(H,20,22). The molecule has 1 N–H and O–H groups in total. The molecule has 0 radical (unpaired) electrons. The molecule has 2 aromatic rings. The molecule has 1 unspecified atom stereocenters. The Hall–Kier alpha value is -2.44. The van der Waals surface area contributed by atoms with Crippen molar-refractivity contribution in [2.75, 3.05) is 5.32 Å². The number of halogens is 2. The molecule has 1 atom stereocenters. The summed E-state index contributed by atoms with van der Waals surface area (Å²) in [5.41, 5.74) is 3.64. The zero-order chi connectivity index (χ0) is 16.6. The molecule has 7 heteroatoms. The minimum Gasteiger partial charge on any atom is -0.480 e. The summed E-state index contributed by atoms with van der Waals surface area (Å²) in [7, 11) is 0. The summed E-state index contributed by atoms with van der Waals surface area (Å²) in [6.07, 6.45) is 0.104. The van der Waals surface area contributed by atoms with Crippen LogP contribution in [0.4, 0.5) is 14.5 Å². The molecular weight excluding hydrogens is 304 g/mol. The highest BCUT2D eigenvalue weighted by Crippen LogP contribution is 2.31. The van der Waals surface area contributed by atoms with Crippen LogP contribution in [0.25, 0.3) is 0 Å². The second-order valence-electron chi connectivity index (χ2n) is 5.69. The number of amides is 1. The van der Waals surface area contributed by atoms with Gasteiger partial charge in [0.1, 0.15) is 12.3 Å². The number of ether oxygens (including phenoxy) is 1. The van der Waals surface area contributed by atoms with Crippen molar-refractivity contribution < 1.29 is 18.3 Å². The molecule has 122 valence electrons. The lowest BCUT2D eigenvalue weighted by Crippen LogP contribution is -2.31. The van der Waals surface area contributed by atoms with Gasteiger partial charge in [-0.2, -0.15) is 5.10 Å². The van der Waals surface area contributed by atoms with Gasteiger partial charge in [0, 0.05) is 12.6 Å². The molecule has 1 aliphatic heterocycles. The van der Waals surface area contributed by atoms with Gasteiger partial charge in [0.15, 0.2) is 6.10 Å². The van der Waals surface area contributed by atoms with E-state index in [2.05, 4.69) is 10.4 Å². The zero-order valence-corrected chi connectivity index (χ0v) is 12.8. The first-order chi connectivity index (χ1) is 10.9. The van der Waals surface area contributed by atoms with Crippen LogP contribution in [0.1, 0.15) is 16.7 Å². The molecule has 0 fully saturated rings. The van der Waals surface area contributed by atoms with Crippen LogP contribution < -0.4 is 10.1 Å². The third-order valence-electron chi connectivity index (χ3n) is 3.87. The quantitative estimate of drug-likeness (QED) is 0.942. The number of carbonyl (C=O) groups excluding carboxylic acids is 1. The molecule has 1 aromatic heterocycles. The van der Waals surface area contributed by atoms with Crippen molar-refractivity contribution in [1.29, 1.82) is 0 Å². The number of carbonyl (C=O) groups is 1. The lowest BCUT2D eigenvalue weighted by atomic mass is 10.0. The van der Waals surface area contributed by atoms with Crippen molar-refractivity contribution >= 4 is 11.6 Å². The number of nitrogens with one attached hydrogen (secondary N) is 1. The Bertz CT molecular complexity index is 712. The van der Waals surface area contributed by atoms with Gasteiger partial charge in [0.25, 0.3) is 12.3 Å². The number of nitrogens with zero attached hydrogens (tertiary/aromatic N) is 2. The molecule has 1 amide bonds. The molecule has 0 aliphatic carbocycles. The maximum Gasteiger partial charge on any atom is 0.265 e. The Morgan fingerprint density at radius 1 is 1.43 bits per heavy atom. The van der Waals surface area contributed by atoms with Crippen LogP contribution in [-0.4, -0.2) is 28.2 Å². The van der Waals surface area contributed by atoms with E-state index in [1.165, 1.54) is 12.4 Å². The van der Waals surface area contributed by atoms with Gasteiger partial charge in [0.05, 0.1) is 11.9 Å². The van der Waals surface area contributed by atoms with Crippen molar-refractivity contribution in [1.82, 2.24) is 9.78 Å². The van der Waals surface area contributed by atoms with Crippen molar-refractivity contribution in [3.63, 3.8) is 0 Å². The van der Waals surface area contributed by atoms with E-state index in [-0.39, 0.29) is 5.91 Å². The van der Waals surface area contributed by atoms with Crippen LogP contribution in [0.5, 0.6) is 5.75 Å². The topological polar surface area (TPSA) is 56.1 Å². The van der Waals surface area contributed by atoms with E-state index in [0.29, 0.717) is 12.1 Å². The van der Waals surface area contributed by atoms with E-state index in [1.54, 1.807) is 0 Å². The molecular formula is C16H17F2N3O2. The predicted octanol–water partition coefficient (Wildman–Crippen LogP) is 2.71. The monoisotopic (exact) mass is 321 g/mol. The van der Waals surface area contributed by atoms with Crippen molar-refractivity contribution in [3.8, 4) is 5.75 Å². The molecule has 3 rings (SSSR count). The van der Waals surface area contributed by atoms with Crippen LogP contribution >= 0.6 is 0 Å². The summed E-state index contributed by atoms with van der Waals surface area (Å²) < 4.78 is 31.4. The summed E-state index contributed by atoms with van der Waals surface area (Å²) in [6, 6.07) is 3.96. The van der Waals surface area contributed by atoms with E-state index in [9.17, 15) is 13.6 Å². The summed E-state index contributed by atoms with van der Waals surface area (Å²) in [6.45, 7) is 3.50. The number of alkyl halides is 2. The van der Waals surface area contributed by atoms with Crippen molar-refractivity contribution in [3.05, 3.63) is 41.2 Å². The van der Waals surface area contributed by atoms with Gasteiger partial charge in [-0.05, 0) is 36.6 Å². The third kappa shape index (κ3) is 3.33. The number of aryl methyl sites for hydroxylation is 2. The Labute approximate surface area is 132 Å². The van der Waals surface area contributed by atoms with Crippen LogP contribution in [0.15, 0.2) is 24.5 Å². The van der Waals surface area contributed by atoms with Crippen LogP contribution in [-0.2, 0) is 17.8 Å². The smallest absolute Gasteiger partial charge is 0.265 e.